The first-order valence-electron chi connectivity index (χ1n) is 6.19. The third-order valence-corrected chi connectivity index (χ3v) is 4.43. The van der Waals surface area contributed by atoms with Gasteiger partial charge in [-0.15, -0.1) is 11.8 Å². The van der Waals surface area contributed by atoms with Crippen LogP contribution in [0.15, 0.2) is 0 Å². The van der Waals surface area contributed by atoms with Crippen LogP contribution in [0.4, 0.5) is 0 Å². The lowest BCUT2D eigenvalue weighted by Crippen LogP contribution is -2.42. The van der Waals surface area contributed by atoms with Crippen molar-refractivity contribution in [1.82, 2.24) is 4.90 Å². The van der Waals surface area contributed by atoms with Gasteiger partial charge in [0, 0.05) is 13.1 Å². The Kier molecular flexibility index (Phi) is 5.82. The summed E-state index contributed by atoms with van der Waals surface area (Å²) in [6.07, 6.45) is 3.23. The molecule has 1 aliphatic rings. The second-order valence-electron chi connectivity index (χ2n) is 4.47. The fraction of sp³-hybridized carbons (Fsp3) is 0.833. The van der Waals surface area contributed by atoms with E-state index in [4.69, 9.17) is 5.11 Å². The Morgan fingerprint density at radius 1 is 1.47 bits per heavy atom. The number of hydrogen-bond donors (Lipinski definition) is 1. The third kappa shape index (κ3) is 4.22. The molecule has 17 heavy (non-hydrogen) atoms. The molecule has 5 heteroatoms. The van der Waals surface area contributed by atoms with Gasteiger partial charge < -0.3 is 10.0 Å². The first kappa shape index (κ1) is 14.4. The van der Waals surface area contributed by atoms with Crippen molar-refractivity contribution in [2.24, 2.45) is 5.92 Å². The molecule has 1 aliphatic heterocycles. The lowest BCUT2D eigenvalue weighted by Gasteiger charge is -2.29. The van der Waals surface area contributed by atoms with Crippen LogP contribution < -0.4 is 0 Å². The van der Waals surface area contributed by atoms with Crippen LogP contribution in [-0.4, -0.2) is 46.0 Å². The largest absolute Gasteiger partial charge is 0.481 e. The summed E-state index contributed by atoms with van der Waals surface area (Å²) in [5.41, 5.74) is 0. The Hall–Kier alpha value is -0.710. The zero-order valence-corrected chi connectivity index (χ0v) is 11.3. The zero-order chi connectivity index (χ0) is 12.8. The number of rotatable bonds is 5. The minimum absolute atomic E-state index is 0.0460. The number of hydrogen-bond acceptors (Lipinski definition) is 3. The molecular formula is C12H21NO3S. The Balaban J connectivity index is 2.53. The van der Waals surface area contributed by atoms with Gasteiger partial charge in [0.2, 0.25) is 5.91 Å². The highest BCUT2D eigenvalue weighted by Gasteiger charge is 2.27. The number of carbonyl (C=O) groups is 2. The first-order chi connectivity index (χ1) is 8.06. The fourth-order valence-corrected chi connectivity index (χ4v) is 3.20. The molecule has 1 rings (SSSR count). The number of aliphatic carboxylic acids is 1. The van der Waals surface area contributed by atoms with Crippen LogP contribution in [0.25, 0.3) is 0 Å². The summed E-state index contributed by atoms with van der Waals surface area (Å²) in [7, 11) is 0. The summed E-state index contributed by atoms with van der Waals surface area (Å²) in [6.45, 7) is 4.46. The van der Waals surface area contributed by atoms with E-state index in [0.29, 0.717) is 13.1 Å². The van der Waals surface area contributed by atoms with E-state index in [1.165, 1.54) is 6.42 Å². The van der Waals surface area contributed by atoms with Gasteiger partial charge in [-0.1, -0.05) is 13.3 Å². The van der Waals surface area contributed by atoms with E-state index < -0.39 is 11.9 Å². The van der Waals surface area contributed by atoms with E-state index in [2.05, 4.69) is 0 Å². The predicted octanol–water partition coefficient (Wildman–Crippen LogP) is 1.84. The maximum absolute atomic E-state index is 12.2. The molecule has 0 saturated carbocycles. The van der Waals surface area contributed by atoms with Gasteiger partial charge in [-0.05, 0) is 25.5 Å². The molecule has 2 atom stereocenters. The topological polar surface area (TPSA) is 57.6 Å². The van der Waals surface area contributed by atoms with Gasteiger partial charge >= 0.3 is 5.97 Å². The molecule has 1 amide bonds. The molecule has 98 valence electrons. The molecule has 0 spiro atoms. The molecule has 1 N–H and O–H groups in total. The second kappa shape index (κ2) is 6.89. The van der Waals surface area contributed by atoms with E-state index in [0.717, 1.165) is 18.6 Å². The number of carbonyl (C=O) groups excluding carboxylic acids is 1. The average Bonchev–Trinajstić information content (AvgIpc) is 2.35. The maximum atomic E-state index is 12.2. The lowest BCUT2D eigenvalue weighted by molar-refractivity contribution is -0.143. The summed E-state index contributed by atoms with van der Waals surface area (Å²) in [5.74, 6) is -0.173. The quantitative estimate of drug-likeness (QED) is 0.818. The Morgan fingerprint density at radius 3 is 2.65 bits per heavy atom. The normalized spacial score (nSPS) is 21.9. The number of thioether (sulfide) groups is 1. The molecule has 1 fully saturated rings. The van der Waals surface area contributed by atoms with E-state index >= 15 is 0 Å². The van der Waals surface area contributed by atoms with Gasteiger partial charge in [0.05, 0.1) is 11.2 Å². The van der Waals surface area contributed by atoms with Crippen molar-refractivity contribution in [3.05, 3.63) is 0 Å². The highest BCUT2D eigenvalue weighted by molar-refractivity contribution is 8.00. The van der Waals surface area contributed by atoms with Crippen molar-refractivity contribution >= 4 is 23.6 Å². The highest BCUT2D eigenvalue weighted by Crippen LogP contribution is 2.26. The van der Waals surface area contributed by atoms with Crippen LogP contribution in [0.2, 0.25) is 0 Å². The minimum atomic E-state index is -0.840. The fourth-order valence-electron chi connectivity index (χ4n) is 1.92. The van der Waals surface area contributed by atoms with Gasteiger partial charge in [-0.3, -0.25) is 9.59 Å². The number of nitrogens with zero attached hydrogens (tertiary/aromatic N) is 1. The molecule has 0 aromatic heterocycles. The minimum Gasteiger partial charge on any atom is -0.481 e. The predicted molar refractivity (Wildman–Crippen MR) is 69.2 cm³/mol. The molecule has 0 aromatic rings. The molecule has 0 radical (unpaired) electrons. The molecule has 1 heterocycles. The van der Waals surface area contributed by atoms with E-state index in [9.17, 15) is 9.59 Å². The van der Waals surface area contributed by atoms with Gasteiger partial charge in [-0.25, -0.2) is 0 Å². The summed E-state index contributed by atoms with van der Waals surface area (Å²) >= 11 is 1.71. The van der Waals surface area contributed by atoms with Crippen molar-refractivity contribution in [3.8, 4) is 0 Å². The van der Waals surface area contributed by atoms with Crippen LogP contribution in [0.1, 0.15) is 33.1 Å². The highest BCUT2D eigenvalue weighted by atomic mass is 32.2. The summed E-state index contributed by atoms with van der Waals surface area (Å²) in [4.78, 5) is 24.7. The van der Waals surface area contributed by atoms with Crippen molar-refractivity contribution in [3.63, 3.8) is 0 Å². The first-order valence-corrected chi connectivity index (χ1v) is 7.24. The molecule has 0 aromatic carbocycles. The SMILES string of the molecule is CCN(CC(C)C(=O)O)C(=O)C1CCCCS1. The van der Waals surface area contributed by atoms with E-state index in [1.807, 2.05) is 6.92 Å². The average molecular weight is 259 g/mol. The van der Waals surface area contributed by atoms with Crippen LogP contribution in [0, 0.1) is 5.92 Å². The van der Waals surface area contributed by atoms with Crippen LogP contribution in [0.5, 0.6) is 0 Å². The van der Waals surface area contributed by atoms with E-state index in [1.54, 1.807) is 23.6 Å². The Labute approximate surface area is 107 Å². The maximum Gasteiger partial charge on any atom is 0.308 e. The molecule has 4 nitrogen and oxygen atoms in total. The second-order valence-corrected chi connectivity index (χ2v) is 5.78. The van der Waals surface area contributed by atoms with Gasteiger partial charge in [0.25, 0.3) is 0 Å². The molecule has 2 unspecified atom stereocenters. The van der Waals surface area contributed by atoms with Crippen molar-refractivity contribution < 1.29 is 14.7 Å². The number of carboxylic acid groups (broad SMARTS) is 1. The number of amides is 1. The van der Waals surface area contributed by atoms with Crippen molar-refractivity contribution in [2.45, 2.75) is 38.4 Å². The van der Waals surface area contributed by atoms with Gasteiger partial charge in [-0.2, -0.15) is 0 Å². The molecule has 0 bridgehead atoms. The molecule has 1 saturated heterocycles. The lowest BCUT2D eigenvalue weighted by atomic mass is 10.1. The standard InChI is InChI=1S/C12H21NO3S/c1-3-13(8-9(2)12(15)16)11(14)10-6-4-5-7-17-10/h9-10H,3-8H2,1-2H3,(H,15,16). The molecular weight excluding hydrogens is 238 g/mol. The Bertz CT molecular complexity index is 277. The van der Waals surface area contributed by atoms with Crippen LogP contribution in [0.3, 0.4) is 0 Å². The van der Waals surface area contributed by atoms with Crippen LogP contribution in [-0.2, 0) is 9.59 Å². The monoisotopic (exact) mass is 259 g/mol. The van der Waals surface area contributed by atoms with Crippen LogP contribution >= 0.6 is 11.8 Å². The van der Waals surface area contributed by atoms with Crippen molar-refractivity contribution in [2.75, 3.05) is 18.8 Å². The third-order valence-electron chi connectivity index (χ3n) is 3.06. The summed E-state index contributed by atoms with van der Waals surface area (Å²) in [6, 6.07) is 0. The molecule has 0 aliphatic carbocycles. The van der Waals surface area contributed by atoms with Gasteiger partial charge in [0.15, 0.2) is 0 Å². The zero-order valence-electron chi connectivity index (χ0n) is 10.5. The summed E-state index contributed by atoms with van der Waals surface area (Å²) < 4.78 is 0. The Morgan fingerprint density at radius 2 is 2.18 bits per heavy atom. The number of carboxylic acids is 1. The summed E-state index contributed by atoms with van der Waals surface area (Å²) in [5, 5.41) is 8.92. The van der Waals surface area contributed by atoms with Crippen molar-refractivity contribution in [1.29, 1.82) is 0 Å². The smallest absolute Gasteiger partial charge is 0.308 e. The van der Waals surface area contributed by atoms with E-state index in [-0.39, 0.29) is 11.2 Å². The van der Waals surface area contributed by atoms with Gasteiger partial charge in [0.1, 0.15) is 0 Å².